The monoisotopic (exact) mass is 452 g/mol. The molecule has 0 spiro atoms. The molecule has 0 aromatic heterocycles. The molecule has 9 nitrogen and oxygen atoms in total. The summed E-state index contributed by atoms with van der Waals surface area (Å²) in [6.45, 7) is 0. The van der Waals surface area contributed by atoms with Crippen molar-refractivity contribution >= 4 is 26.0 Å². The number of anilines is 1. The number of benzene rings is 2. The Morgan fingerprint density at radius 2 is 1.83 bits per heavy atom. The zero-order valence-corrected chi connectivity index (χ0v) is 17.6. The number of fused-ring (bicyclic) bond motifs is 1. The molecule has 0 saturated heterocycles. The molecule has 0 saturated carbocycles. The second-order valence-corrected chi connectivity index (χ2v) is 10.4. The smallest absolute Gasteiger partial charge is 0.330 e. The van der Waals surface area contributed by atoms with Crippen LogP contribution in [0.2, 0.25) is 0 Å². The SMILES string of the molecule is CS(=O)(=O)Oc1cc2c(cc1Cc1ccc(N3C=C(O)NS3(=O)=O)c(O)c1)CCC2. The summed E-state index contributed by atoms with van der Waals surface area (Å²) >= 11 is 0. The molecular formula is C19H20N2O7S2. The molecule has 1 aliphatic heterocycles. The van der Waals surface area contributed by atoms with Crippen LogP contribution in [-0.2, 0) is 39.6 Å². The summed E-state index contributed by atoms with van der Waals surface area (Å²) < 4.78 is 55.2. The Balaban J connectivity index is 1.68. The lowest BCUT2D eigenvalue weighted by Crippen LogP contribution is -2.29. The van der Waals surface area contributed by atoms with Gasteiger partial charge in [0.25, 0.3) is 0 Å². The Kier molecular flexibility index (Phi) is 4.82. The van der Waals surface area contributed by atoms with Crippen LogP contribution in [-0.4, -0.2) is 33.3 Å². The number of aliphatic hydroxyl groups excluding tert-OH is 1. The first-order valence-electron chi connectivity index (χ1n) is 9.11. The molecule has 0 amide bonds. The van der Waals surface area contributed by atoms with E-state index in [1.807, 2.05) is 10.8 Å². The van der Waals surface area contributed by atoms with Crippen molar-refractivity contribution < 1.29 is 31.2 Å². The van der Waals surface area contributed by atoms with Gasteiger partial charge in [-0.25, -0.2) is 9.03 Å². The molecule has 2 aliphatic rings. The van der Waals surface area contributed by atoms with Crippen molar-refractivity contribution in [2.24, 2.45) is 0 Å². The number of rotatable bonds is 5. The number of aliphatic hydroxyl groups is 1. The van der Waals surface area contributed by atoms with Crippen molar-refractivity contribution in [2.45, 2.75) is 25.7 Å². The standard InChI is InChI=1S/C19H20N2O7S2/c1-29(24,25)28-18-10-14-4-2-3-13(14)9-15(18)7-12-5-6-16(17(22)8-12)21-11-19(23)20-30(21,26)27/h5-6,8-11,20,22-23H,2-4,7H2,1H3. The van der Waals surface area contributed by atoms with Gasteiger partial charge in [0.2, 0.25) is 5.88 Å². The molecule has 11 heteroatoms. The van der Waals surface area contributed by atoms with Crippen LogP contribution in [0.15, 0.2) is 42.4 Å². The van der Waals surface area contributed by atoms with Gasteiger partial charge in [-0.15, -0.1) is 0 Å². The highest BCUT2D eigenvalue weighted by Gasteiger charge is 2.30. The van der Waals surface area contributed by atoms with Crippen LogP contribution in [0.3, 0.4) is 0 Å². The van der Waals surface area contributed by atoms with Gasteiger partial charge < -0.3 is 14.4 Å². The fourth-order valence-corrected chi connectivity index (χ4v) is 5.25. The second-order valence-electron chi connectivity index (χ2n) is 7.29. The fourth-order valence-electron chi connectivity index (χ4n) is 3.70. The van der Waals surface area contributed by atoms with E-state index in [-0.39, 0.29) is 23.6 Å². The van der Waals surface area contributed by atoms with Crippen molar-refractivity contribution in [2.75, 3.05) is 10.6 Å². The number of aryl methyl sites for hydroxylation is 2. The Morgan fingerprint density at radius 3 is 2.43 bits per heavy atom. The highest BCUT2D eigenvalue weighted by Crippen LogP contribution is 2.35. The first-order valence-corrected chi connectivity index (χ1v) is 12.4. The summed E-state index contributed by atoms with van der Waals surface area (Å²) in [5, 5.41) is 19.8. The van der Waals surface area contributed by atoms with Gasteiger partial charge in [0, 0.05) is 12.0 Å². The molecule has 1 aliphatic carbocycles. The third-order valence-electron chi connectivity index (χ3n) is 4.92. The topological polar surface area (TPSA) is 133 Å². The van der Waals surface area contributed by atoms with Crippen LogP contribution in [0.1, 0.15) is 28.7 Å². The normalized spacial score (nSPS) is 17.4. The number of hydrogen-bond donors (Lipinski definition) is 3. The van der Waals surface area contributed by atoms with Crippen LogP contribution in [0.5, 0.6) is 11.5 Å². The van der Waals surface area contributed by atoms with E-state index in [1.165, 1.54) is 12.1 Å². The molecule has 0 atom stereocenters. The minimum Gasteiger partial charge on any atom is -0.506 e. The number of aromatic hydroxyl groups is 1. The maximum absolute atomic E-state index is 12.0. The van der Waals surface area contributed by atoms with E-state index in [0.717, 1.165) is 47.2 Å². The molecule has 4 rings (SSSR count). The maximum atomic E-state index is 12.0. The maximum Gasteiger partial charge on any atom is 0.330 e. The van der Waals surface area contributed by atoms with Gasteiger partial charge in [0.15, 0.2) is 0 Å². The average molecular weight is 453 g/mol. The lowest BCUT2D eigenvalue weighted by molar-refractivity contribution is 0.392. The minimum atomic E-state index is -4.02. The van der Waals surface area contributed by atoms with E-state index in [0.29, 0.717) is 11.1 Å². The molecule has 0 bridgehead atoms. The minimum absolute atomic E-state index is 0.0307. The van der Waals surface area contributed by atoms with Crippen LogP contribution in [0.4, 0.5) is 5.69 Å². The molecule has 1 heterocycles. The molecule has 0 radical (unpaired) electrons. The van der Waals surface area contributed by atoms with Crippen LogP contribution in [0, 0.1) is 0 Å². The highest BCUT2D eigenvalue weighted by molar-refractivity contribution is 7.91. The van der Waals surface area contributed by atoms with Crippen LogP contribution >= 0.6 is 0 Å². The van der Waals surface area contributed by atoms with E-state index in [1.54, 1.807) is 12.1 Å². The highest BCUT2D eigenvalue weighted by atomic mass is 32.2. The predicted molar refractivity (Wildman–Crippen MR) is 110 cm³/mol. The summed E-state index contributed by atoms with van der Waals surface area (Å²) in [5.74, 6) is -0.615. The van der Waals surface area contributed by atoms with Crippen molar-refractivity contribution in [1.82, 2.24) is 4.72 Å². The van der Waals surface area contributed by atoms with Crippen molar-refractivity contribution in [3.63, 3.8) is 0 Å². The van der Waals surface area contributed by atoms with Crippen molar-refractivity contribution in [3.05, 3.63) is 64.7 Å². The summed E-state index contributed by atoms with van der Waals surface area (Å²) in [6.07, 6.45) is 4.97. The van der Waals surface area contributed by atoms with E-state index in [9.17, 15) is 27.0 Å². The first kappa shape index (κ1) is 20.4. The number of phenols is 1. The number of hydrogen-bond acceptors (Lipinski definition) is 7. The summed E-state index contributed by atoms with van der Waals surface area (Å²) in [5.41, 5.74) is 3.46. The third kappa shape index (κ3) is 4.03. The van der Waals surface area contributed by atoms with Crippen molar-refractivity contribution in [1.29, 1.82) is 0 Å². The lowest BCUT2D eigenvalue weighted by atomic mass is 9.99. The largest absolute Gasteiger partial charge is 0.506 e. The lowest BCUT2D eigenvalue weighted by Gasteiger charge is -2.17. The van der Waals surface area contributed by atoms with Gasteiger partial charge in [-0.05, 0) is 54.2 Å². The molecule has 0 fully saturated rings. The van der Waals surface area contributed by atoms with Gasteiger partial charge in [0.05, 0.1) is 12.5 Å². The molecule has 2 aromatic rings. The van der Waals surface area contributed by atoms with Gasteiger partial charge in [0.1, 0.15) is 17.2 Å². The van der Waals surface area contributed by atoms with E-state index >= 15 is 0 Å². The van der Waals surface area contributed by atoms with E-state index in [4.69, 9.17) is 4.18 Å². The summed E-state index contributed by atoms with van der Waals surface area (Å²) in [7, 11) is -7.74. The van der Waals surface area contributed by atoms with Gasteiger partial charge in [-0.2, -0.15) is 16.8 Å². The Labute approximate surface area is 174 Å². The summed E-state index contributed by atoms with van der Waals surface area (Å²) in [6, 6.07) is 8.09. The molecule has 160 valence electrons. The molecule has 3 N–H and O–H groups in total. The van der Waals surface area contributed by atoms with Crippen molar-refractivity contribution in [3.8, 4) is 11.5 Å². The number of nitrogens with zero attached hydrogens (tertiary/aromatic N) is 1. The second kappa shape index (κ2) is 7.10. The first-order chi connectivity index (χ1) is 14.0. The molecule has 0 unspecified atom stereocenters. The fraction of sp³-hybridized carbons (Fsp3) is 0.263. The Bertz CT molecular complexity index is 1270. The van der Waals surface area contributed by atoms with Gasteiger partial charge >= 0.3 is 20.3 Å². The van der Waals surface area contributed by atoms with E-state index in [2.05, 4.69) is 0 Å². The van der Waals surface area contributed by atoms with E-state index < -0.39 is 26.2 Å². The predicted octanol–water partition coefficient (Wildman–Crippen LogP) is 1.82. The Hall–Kier alpha value is -2.92. The quantitative estimate of drug-likeness (QED) is 0.589. The molecule has 30 heavy (non-hydrogen) atoms. The number of nitrogens with one attached hydrogen (secondary N) is 1. The van der Waals surface area contributed by atoms with Crippen LogP contribution in [0.25, 0.3) is 0 Å². The molecular weight excluding hydrogens is 432 g/mol. The number of phenolic OH excluding ortho intramolecular Hbond substituents is 1. The zero-order valence-electron chi connectivity index (χ0n) is 16.0. The van der Waals surface area contributed by atoms with Gasteiger partial charge in [-0.3, -0.25) is 0 Å². The Morgan fingerprint density at radius 1 is 1.13 bits per heavy atom. The molecule has 2 aromatic carbocycles. The average Bonchev–Trinajstić information content (AvgIpc) is 3.16. The zero-order chi connectivity index (χ0) is 21.7. The van der Waals surface area contributed by atoms with Crippen LogP contribution < -0.4 is 13.2 Å². The summed E-state index contributed by atoms with van der Waals surface area (Å²) in [4.78, 5) is 0. The third-order valence-corrected chi connectivity index (χ3v) is 6.69. The van der Waals surface area contributed by atoms with Gasteiger partial charge in [-0.1, -0.05) is 12.1 Å².